The molecule has 8 heteroatoms. The Morgan fingerprint density at radius 2 is 1.94 bits per heavy atom. The number of carboxylic acids is 1. The predicted octanol–water partition coefficient (Wildman–Crippen LogP) is 2.72. The number of rotatable bonds is 6. The Hall–Kier alpha value is -3.91. The van der Waals surface area contributed by atoms with E-state index in [1.807, 2.05) is 53.2 Å². The molecule has 3 N–H and O–H groups in total. The number of hydrogen-bond donors (Lipinski definition) is 2. The summed E-state index contributed by atoms with van der Waals surface area (Å²) in [5, 5.41) is 14.2. The summed E-state index contributed by atoms with van der Waals surface area (Å²) in [7, 11) is 0. The first-order valence-corrected chi connectivity index (χ1v) is 11.0. The highest BCUT2D eigenvalue weighted by Crippen LogP contribution is 2.27. The van der Waals surface area contributed by atoms with E-state index in [0.717, 1.165) is 42.0 Å². The van der Waals surface area contributed by atoms with Crippen molar-refractivity contribution in [3.8, 4) is 5.69 Å². The largest absolute Gasteiger partial charge is 0.477 e. The van der Waals surface area contributed by atoms with E-state index in [-0.39, 0.29) is 5.56 Å². The van der Waals surface area contributed by atoms with Crippen LogP contribution in [0.4, 0.5) is 5.69 Å². The highest BCUT2D eigenvalue weighted by Gasteiger charge is 2.22. The molecule has 2 aromatic carbocycles. The van der Waals surface area contributed by atoms with Crippen LogP contribution in [-0.2, 0) is 6.54 Å². The molecule has 1 aliphatic heterocycles. The number of anilines is 1. The van der Waals surface area contributed by atoms with Gasteiger partial charge in [-0.2, -0.15) is 5.10 Å². The summed E-state index contributed by atoms with van der Waals surface area (Å²) in [4.78, 5) is 26.9. The summed E-state index contributed by atoms with van der Waals surface area (Å²) in [5.74, 6) is -0.760. The van der Waals surface area contributed by atoms with Crippen molar-refractivity contribution < 1.29 is 9.90 Å². The first kappa shape index (κ1) is 21.0. The van der Waals surface area contributed by atoms with Crippen LogP contribution in [0.1, 0.15) is 22.3 Å². The Morgan fingerprint density at radius 3 is 2.61 bits per heavy atom. The van der Waals surface area contributed by atoms with Gasteiger partial charge in [0.05, 0.1) is 11.2 Å². The average Bonchev–Trinajstić information content (AvgIpc) is 3.53. The first-order chi connectivity index (χ1) is 16.0. The normalized spacial score (nSPS) is 15.9. The molecule has 1 aliphatic rings. The molecule has 0 bridgehead atoms. The number of hydrogen-bond acceptors (Lipinski definition) is 5. The zero-order chi connectivity index (χ0) is 22.9. The molecule has 0 spiro atoms. The molecule has 0 radical (unpaired) electrons. The minimum absolute atomic E-state index is 0.229. The maximum atomic E-state index is 12.8. The van der Waals surface area contributed by atoms with Gasteiger partial charge >= 0.3 is 5.97 Å². The second kappa shape index (κ2) is 8.55. The maximum Gasteiger partial charge on any atom is 0.341 e. The van der Waals surface area contributed by atoms with Crippen LogP contribution >= 0.6 is 0 Å². The van der Waals surface area contributed by atoms with Crippen LogP contribution in [0, 0.1) is 5.92 Å². The zero-order valence-corrected chi connectivity index (χ0v) is 18.1. The lowest BCUT2D eigenvalue weighted by Gasteiger charge is -2.20. The zero-order valence-electron chi connectivity index (χ0n) is 18.1. The quantitative estimate of drug-likeness (QED) is 0.475. The van der Waals surface area contributed by atoms with Crippen LogP contribution in [0.15, 0.2) is 71.9 Å². The van der Waals surface area contributed by atoms with Gasteiger partial charge in [0, 0.05) is 49.3 Å². The van der Waals surface area contributed by atoms with E-state index in [1.165, 1.54) is 6.20 Å². The Kier molecular flexibility index (Phi) is 5.43. The summed E-state index contributed by atoms with van der Waals surface area (Å²) in [5.41, 5.74) is 8.82. The summed E-state index contributed by atoms with van der Waals surface area (Å²) < 4.78 is 3.63. The number of aromatic nitrogens is 3. The Morgan fingerprint density at radius 1 is 1.15 bits per heavy atom. The Bertz CT molecular complexity index is 1360. The molecule has 3 heterocycles. The fourth-order valence-electron chi connectivity index (χ4n) is 4.49. The molecule has 1 saturated heterocycles. The fraction of sp³-hybridized carbons (Fsp3) is 0.240. The summed E-state index contributed by atoms with van der Waals surface area (Å²) in [6.45, 7) is 2.89. The van der Waals surface area contributed by atoms with Crippen molar-refractivity contribution in [2.45, 2.75) is 13.0 Å². The third-order valence-corrected chi connectivity index (χ3v) is 6.34. The number of pyridine rings is 1. The summed E-state index contributed by atoms with van der Waals surface area (Å²) in [6, 6.07) is 15.4. The van der Waals surface area contributed by atoms with Gasteiger partial charge in [0.25, 0.3) is 0 Å². The van der Waals surface area contributed by atoms with Crippen molar-refractivity contribution in [2.75, 3.05) is 24.5 Å². The van der Waals surface area contributed by atoms with Crippen LogP contribution in [-0.4, -0.2) is 45.1 Å². The standard InChI is InChI=1S/C25H25N5O3/c26-13-18-8-11-28(15-18)20-6-7-21-23(12-20)29(16-22(24(21)31)25(32)33)14-17-2-4-19(5-3-17)30-10-1-9-27-30/h1-7,9-10,12,16,18H,8,11,13-15,26H2,(H,32,33)/t18-/m0/s1. The van der Waals surface area contributed by atoms with E-state index in [0.29, 0.717) is 24.4 Å². The molecule has 2 aromatic heterocycles. The van der Waals surface area contributed by atoms with E-state index in [2.05, 4.69) is 10.00 Å². The van der Waals surface area contributed by atoms with Gasteiger partial charge in [0.2, 0.25) is 5.43 Å². The molecule has 33 heavy (non-hydrogen) atoms. The Labute approximate surface area is 190 Å². The molecule has 0 saturated carbocycles. The monoisotopic (exact) mass is 443 g/mol. The lowest BCUT2D eigenvalue weighted by Crippen LogP contribution is -2.23. The number of nitrogens with two attached hydrogens (primary N) is 1. The van der Waals surface area contributed by atoms with Crippen molar-refractivity contribution >= 4 is 22.6 Å². The summed E-state index contributed by atoms with van der Waals surface area (Å²) in [6.07, 6.45) is 6.09. The first-order valence-electron chi connectivity index (χ1n) is 11.0. The van der Waals surface area contributed by atoms with Crippen LogP contribution < -0.4 is 16.1 Å². The summed E-state index contributed by atoms with van der Waals surface area (Å²) >= 11 is 0. The van der Waals surface area contributed by atoms with Crippen molar-refractivity contribution in [1.29, 1.82) is 0 Å². The van der Waals surface area contributed by atoms with Crippen LogP contribution in [0.5, 0.6) is 0 Å². The van der Waals surface area contributed by atoms with E-state index in [9.17, 15) is 14.7 Å². The van der Waals surface area contributed by atoms with Crippen LogP contribution in [0.25, 0.3) is 16.6 Å². The molecule has 0 unspecified atom stereocenters. The van der Waals surface area contributed by atoms with Gasteiger partial charge in [-0.05, 0) is 60.8 Å². The highest BCUT2D eigenvalue weighted by atomic mass is 16.4. The number of carbonyl (C=O) groups is 1. The lowest BCUT2D eigenvalue weighted by atomic mass is 10.1. The molecule has 5 rings (SSSR count). The molecule has 4 aromatic rings. The minimum atomic E-state index is -1.22. The van der Waals surface area contributed by atoms with Gasteiger partial charge in [-0.3, -0.25) is 4.79 Å². The number of fused-ring (bicyclic) bond motifs is 1. The second-order valence-electron chi connectivity index (χ2n) is 8.46. The van der Waals surface area contributed by atoms with Gasteiger partial charge in [-0.1, -0.05) is 12.1 Å². The number of carboxylic acid groups (broad SMARTS) is 1. The van der Waals surface area contributed by atoms with Gasteiger partial charge < -0.3 is 20.3 Å². The van der Waals surface area contributed by atoms with Crippen molar-refractivity contribution in [1.82, 2.24) is 14.3 Å². The third kappa shape index (κ3) is 4.01. The average molecular weight is 444 g/mol. The van der Waals surface area contributed by atoms with Crippen LogP contribution in [0.2, 0.25) is 0 Å². The van der Waals surface area contributed by atoms with Gasteiger partial charge in [-0.15, -0.1) is 0 Å². The maximum absolute atomic E-state index is 12.8. The van der Waals surface area contributed by atoms with E-state index >= 15 is 0 Å². The van der Waals surface area contributed by atoms with E-state index < -0.39 is 11.4 Å². The molecule has 0 aliphatic carbocycles. The molecular formula is C25H25N5O3. The topological polar surface area (TPSA) is 106 Å². The third-order valence-electron chi connectivity index (χ3n) is 6.34. The van der Waals surface area contributed by atoms with E-state index in [1.54, 1.807) is 16.9 Å². The van der Waals surface area contributed by atoms with Crippen molar-refractivity contribution in [2.24, 2.45) is 11.7 Å². The molecule has 168 valence electrons. The van der Waals surface area contributed by atoms with Gasteiger partial charge in [-0.25, -0.2) is 9.48 Å². The van der Waals surface area contributed by atoms with Crippen LogP contribution in [0.3, 0.4) is 0 Å². The van der Waals surface area contributed by atoms with E-state index in [4.69, 9.17) is 5.73 Å². The molecule has 1 fully saturated rings. The lowest BCUT2D eigenvalue weighted by molar-refractivity contribution is 0.0695. The highest BCUT2D eigenvalue weighted by molar-refractivity contribution is 5.93. The number of aromatic carboxylic acids is 1. The molecule has 0 amide bonds. The Balaban J connectivity index is 1.55. The van der Waals surface area contributed by atoms with Crippen molar-refractivity contribution in [3.05, 3.63) is 88.5 Å². The molecular weight excluding hydrogens is 418 g/mol. The van der Waals surface area contributed by atoms with Crippen molar-refractivity contribution in [3.63, 3.8) is 0 Å². The number of benzene rings is 2. The molecule has 1 atom stereocenters. The predicted molar refractivity (Wildman–Crippen MR) is 127 cm³/mol. The number of nitrogens with zero attached hydrogens (tertiary/aromatic N) is 4. The van der Waals surface area contributed by atoms with Gasteiger partial charge in [0.15, 0.2) is 0 Å². The smallest absolute Gasteiger partial charge is 0.341 e. The second-order valence-corrected chi connectivity index (χ2v) is 8.46. The minimum Gasteiger partial charge on any atom is -0.477 e. The molecule has 8 nitrogen and oxygen atoms in total. The fourth-order valence-corrected chi connectivity index (χ4v) is 4.49. The SMILES string of the molecule is NC[C@@H]1CCN(c2ccc3c(=O)c(C(=O)O)cn(Cc4ccc(-n5cccn5)cc4)c3c2)C1. The van der Waals surface area contributed by atoms with Gasteiger partial charge in [0.1, 0.15) is 5.56 Å².